The molecular formula is C18H21F3N2O3. The largest absolute Gasteiger partial charge is 0.416 e. The number of amides is 2. The molecule has 0 aromatic heterocycles. The van der Waals surface area contributed by atoms with Crippen molar-refractivity contribution in [3.63, 3.8) is 0 Å². The molecule has 1 aromatic rings. The van der Waals surface area contributed by atoms with Gasteiger partial charge in [-0.2, -0.15) is 13.2 Å². The number of hydrogen-bond donors (Lipinski definition) is 0. The number of piperidine rings is 1. The summed E-state index contributed by atoms with van der Waals surface area (Å²) in [5.74, 6) is -0.493. The van der Waals surface area contributed by atoms with Gasteiger partial charge in [0, 0.05) is 25.6 Å². The molecule has 1 atom stereocenters. The maximum Gasteiger partial charge on any atom is 0.416 e. The van der Waals surface area contributed by atoms with Crippen LogP contribution in [0.25, 0.3) is 0 Å². The Bertz CT molecular complexity index is 703. The van der Waals surface area contributed by atoms with Crippen LogP contribution in [0, 0.1) is 0 Å². The lowest BCUT2D eigenvalue weighted by Gasteiger charge is -2.47. The molecule has 0 saturated carbocycles. The number of carbonyl (C=O) groups is 2. The third-order valence-corrected chi connectivity index (χ3v) is 4.96. The molecule has 26 heavy (non-hydrogen) atoms. The van der Waals surface area contributed by atoms with Crippen LogP contribution in [-0.4, -0.2) is 60.0 Å². The molecule has 5 nitrogen and oxygen atoms in total. The van der Waals surface area contributed by atoms with Gasteiger partial charge in [0.25, 0.3) is 5.91 Å². The summed E-state index contributed by atoms with van der Waals surface area (Å²) < 4.78 is 44.6. The van der Waals surface area contributed by atoms with Crippen molar-refractivity contribution >= 4 is 11.8 Å². The predicted octanol–water partition coefficient (Wildman–Crippen LogP) is 2.56. The van der Waals surface area contributed by atoms with Gasteiger partial charge in [0.15, 0.2) is 0 Å². The topological polar surface area (TPSA) is 49.9 Å². The molecule has 0 bridgehead atoms. The zero-order valence-corrected chi connectivity index (χ0v) is 14.5. The van der Waals surface area contributed by atoms with Crippen molar-refractivity contribution in [1.82, 2.24) is 9.80 Å². The van der Waals surface area contributed by atoms with E-state index in [1.165, 1.54) is 24.0 Å². The lowest BCUT2D eigenvalue weighted by atomic mass is 9.90. The molecular weight excluding hydrogens is 349 g/mol. The minimum atomic E-state index is -4.49. The van der Waals surface area contributed by atoms with Crippen LogP contribution >= 0.6 is 0 Å². The molecule has 2 heterocycles. The number of benzene rings is 1. The van der Waals surface area contributed by atoms with Crippen LogP contribution < -0.4 is 0 Å². The van der Waals surface area contributed by atoms with Crippen molar-refractivity contribution in [3.05, 3.63) is 35.4 Å². The SMILES string of the molecule is CC(=O)N1CCC[C@@]2(C1)CN(C(=O)c1cccc(C(F)(F)F)c1)CCO2. The monoisotopic (exact) mass is 370 g/mol. The highest BCUT2D eigenvalue weighted by Crippen LogP contribution is 2.32. The highest BCUT2D eigenvalue weighted by molar-refractivity contribution is 5.94. The molecule has 0 unspecified atom stereocenters. The highest BCUT2D eigenvalue weighted by atomic mass is 19.4. The number of alkyl halides is 3. The zero-order valence-electron chi connectivity index (χ0n) is 14.5. The minimum absolute atomic E-state index is 0.0103. The van der Waals surface area contributed by atoms with Gasteiger partial charge in [0.05, 0.1) is 25.3 Å². The normalized spacial score (nSPS) is 24.0. The maximum atomic E-state index is 12.9. The van der Waals surface area contributed by atoms with Crippen LogP contribution in [0.1, 0.15) is 35.7 Å². The zero-order chi connectivity index (χ0) is 18.9. The number of nitrogens with zero attached hydrogens (tertiary/aromatic N) is 2. The van der Waals surface area contributed by atoms with Crippen molar-refractivity contribution < 1.29 is 27.5 Å². The Kier molecular flexibility index (Phi) is 4.96. The maximum absolute atomic E-state index is 12.9. The first-order valence-corrected chi connectivity index (χ1v) is 8.56. The lowest BCUT2D eigenvalue weighted by Crippen LogP contribution is -2.61. The second-order valence-electron chi connectivity index (χ2n) is 6.88. The predicted molar refractivity (Wildman–Crippen MR) is 87.5 cm³/mol. The summed E-state index contributed by atoms with van der Waals surface area (Å²) >= 11 is 0. The van der Waals surface area contributed by atoms with Crippen LogP contribution in [-0.2, 0) is 15.7 Å². The molecule has 1 spiro atoms. The molecule has 142 valence electrons. The highest BCUT2D eigenvalue weighted by Gasteiger charge is 2.42. The van der Waals surface area contributed by atoms with Crippen LogP contribution in [0.3, 0.4) is 0 Å². The molecule has 0 aliphatic carbocycles. The molecule has 2 aliphatic rings. The van der Waals surface area contributed by atoms with Crippen molar-refractivity contribution in [2.24, 2.45) is 0 Å². The summed E-state index contributed by atoms with van der Waals surface area (Å²) in [5, 5.41) is 0. The molecule has 2 fully saturated rings. The van der Waals surface area contributed by atoms with E-state index in [1.54, 1.807) is 4.90 Å². The van der Waals surface area contributed by atoms with Crippen molar-refractivity contribution in [2.45, 2.75) is 31.5 Å². The van der Waals surface area contributed by atoms with Crippen molar-refractivity contribution in [3.8, 4) is 0 Å². The average molecular weight is 370 g/mol. The van der Waals surface area contributed by atoms with E-state index in [9.17, 15) is 22.8 Å². The van der Waals surface area contributed by atoms with Crippen molar-refractivity contribution in [1.29, 1.82) is 0 Å². The fourth-order valence-corrected chi connectivity index (χ4v) is 3.64. The Hall–Kier alpha value is -2.09. The van der Waals surface area contributed by atoms with Gasteiger partial charge in [0.2, 0.25) is 5.91 Å². The van der Waals surface area contributed by atoms with E-state index >= 15 is 0 Å². The van der Waals surface area contributed by atoms with E-state index in [0.717, 1.165) is 18.6 Å². The molecule has 8 heteroatoms. The van der Waals surface area contributed by atoms with E-state index in [-0.39, 0.29) is 18.0 Å². The third kappa shape index (κ3) is 3.85. The quantitative estimate of drug-likeness (QED) is 0.764. The second-order valence-corrected chi connectivity index (χ2v) is 6.88. The van der Waals surface area contributed by atoms with Gasteiger partial charge in [-0.3, -0.25) is 9.59 Å². The minimum Gasteiger partial charge on any atom is -0.369 e. The Morgan fingerprint density at radius 2 is 1.88 bits per heavy atom. The number of ether oxygens (including phenoxy) is 1. The van der Waals surface area contributed by atoms with Gasteiger partial charge in [-0.15, -0.1) is 0 Å². The smallest absolute Gasteiger partial charge is 0.369 e. The van der Waals surface area contributed by atoms with Gasteiger partial charge < -0.3 is 14.5 Å². The van der Waals surface area contributed by atoms with E-state index in [2.05, 4.69) is 0 Å². The van der Waals surface area contributed by atoms with Crippen LogP contribution in [0.4, 0.5) is 13.2 Å². The van der Waals surface area contributed by atoms with Gasteiger partial charge in [-0.05, 0) is 31.0 Å². The number of carbonyl (C=O) groups excluding carboxylic acids is 2. The number of hydrogen-bond acceptors (Lipinski definition) is 3. The van der Waals surface area contributed by atoms with Gasteiger partial charge in [-0.25, -0.2) is 0 Å². The second kappa shape index (κ2) is 6.90. The van der Waals surface area contributed by atoms with E-state index in [0.29, 0.717) is 32.7 Å². The van der Waals surface area contributed by atoms with E-state index in [1.807, 2.05) is 0 Å². The average Bonchev–Trinajstić information content (AvgIpc) is 2.60. The summed E-state index contributed by atoms with van der Waals surface area (Å²) in [6.07, 6.45) is -3.01. The molecule has 2 amide bonds. The Labute approximate surface area is 149 Å². The van der Waals surface area contributed by atoms with E-state index in [4.69, 9.17) is 4.74 Å². The molecule has 0 N–H and O–H groups in total. The fraction of sp³-hybridized carbons (Fsp3) is 0.556. The summed E-state index contributed by atoms with van der Waals surface area (Å²) in [6, 6.07) is 4.46. The molecule has 1 aromatic carbocycles. The van der Waals surface area contributed by atoms with Gasteiger partial charge >= 0.3 is 6.18 Å². The van der Waals surface area contributed by atoms with E-state index < -0.39 is 23.2 Å². The summed E-state index contributed by atoms with van der Waals surface area (Å²) in [7, 11) is 0. The Morgan fingerprint density at radius 3 is 2.58 bits per heavy atom. The van der Waals surface area contributed by atoms with Crippen LogP contribution in [0.5, 0.6) is 0 Å². The summed E-state index contributed by atoms with van der Waals surface area (Å²) in [5.41, 5.74) is -1.47. The van der Waals surface area contributed by atoms with Crippen molar-refractivity contribution in [2.75, 3.05) is 32.8 Å². The number of morpholine rings is 1. The number of halogens is 3. The molecule has 0 radical (unpaired) electrons. The third-order valence-electron chi connectivity index (χ3n) is 4.96. The Morgan fingerprint density at radius 1 is 1.15 bits per heavy atom. The number of rotatable bonds is 1. The molecule has 2 saturated heterocycles. The lowest BCUT2D eigenvalue weighted by molar-refractivity contribution is -0.151. The molecule has 2 aliphatic heterocycles. The summed E-state index contributed by atoms with van der Waals surface area (Å²) in [4.78, 5) is 27.6. The summed E-state index contributed by atoms with van der Waals surface area (Å²) in [6.45, 7) is 3.43. The molecule has 3 rings (SSSR count). The first kappa shape index (κ1) is 18.7. The first-order valence-electron chi connectivity index (χ1n) is 8.56. The van der Waals surface area contributed by atoms with Crippen LogP contribution in [0.2, 0.25) is 0 Å². The Balaban J connectivity index is 1.77. The van der Waals surface area contributed by atoms with Crippen LogP contribution in [0.15, 0.2) is 24.3 Å². The standard InChI is InChI=1S/C18H21F3N2O3/c1-13(24)22-7-3-6-17(11-22)12-23(8-9-26-17)16(25)14-4-2-5-15(10-14)18(19,20)21/h2,4-5,10H,3,6-9,11-12H2,1H3/t17-/m1/s1. The van der Waals surface area contributed by atoms with Gasteiger partial charge in [0.1, 0.15) is 5.60 Å². The first-order chi connectivity index (χ1) is 12.2. The number of likely N-dealkylation sites (tertiary alicyclic amines) is 1. The van der Waals surface area contributed by atoms with Gasteiger partial charge in [-0.1, -0.05) is 6.07 Å². The fourth-order valence-electron chi connectivity index (χ4n) is 3.64.